The molecule has 0 unspecified atom stereocenters. The van der Waals surface area contributed by atoms with E-state index < -0.39 is 47.9 Å². The molecule has 1 fully saturated rings. The van der Waals surface area contributed by atoms with Crippen molar-refractivity contribution in [2.45, 2.75) is 97.4 Å². The van der Waals surface area contributed by atoms with E-state index >= 15 is 0 Å². The monoisotopic (exact) mass is 512 g/mol. The van der Waals surface area contributed by atoms with Crippen molar-refractivity contribution in [3.8, 4) is 6.07 Å². The van der Waals surface area contributed by atoms with Crippen LogP contribution in [0.2, 0.25) is 0 Å². The Kier molecular flexibility index (Phi) is 11.6. The first-order valence-corrected chi connectivity index (χ1v) is 13.2. The van der Waals surface area contributed by atoms with E-state index in [9.17, 15) is 19.2 Å². The number of ether oxygens (including phenoxy) is 1. The number of hydrogen-bond acceptors (Lipinski definition) is 6. The summed E-state index contributed by atoms with van der Waals surface area (Å²) in [7, 11) is 0. The van der Waals surface area contributed by atoms with E-state index in [2.05, 4.69) is 28.9 Å². The fourth-order valence-electron chi connectivity index (χ4n) is 4.22. The standard InChI is InChI=1S/C28H40N4O5/c1-6-8-9-18(4)23-15-24(33)31-22(14-20-10-12-21(16-29)13-11-20)27(35)30-19(5)26(34)32-25(17(3)7-2)28(36)37-23/h10-13,17-19,22-23,25H,6-9,14-15H2,1-5H3,(H,30,35)(H,31,33)(H,32,34)/t17-,18-,19-,22+,23+,25+/m0/s1. The molecule has 6 atom stereocenters. The fraction of sp³-hybridized carbons (Fsp3) is 0.607. The Balaban J connectivity index is 2.38. The first-order chi connectivity index (χ1) is 17.6. The van der Waals surface area contributed by atoms with Crippen molar-refractivity contribution in [2.24, 2.45) is 11.8 Å². The smallest absolute Gasteiger partial charge is 0.329 e. The van der Waals surface area contributed by atoms with Gasteiger partial charge in [0.15, 0.2) is 0 Å². The van der Waals surface area contributed by atoms with Crippen LogP contribution in [0.25, 0.3) is 0 Å². The third-order valence-corrected chi connectivity index (χ3v) is 6.99. The van der Waals surface area contributed by atoms with E-state index in [0.29, 0.717) is 12.0 Å². The summed E-state index contributed by atoms with van der Waals surface area (Å²) in [5.41, 5.74) is 1.23. The lowest BCUT2D eigenvalue weighted by molar-refractivity contribution is -0.158. The molecule has 0 spiro atoms. The number of carbonyl (C=O) groups is 4. The third-order valence-electron chi connectivity index (χ3n) is 6.99. The molecule has 0 radical (unpaired) electrons. The highest BCUT2D eigenvalue weighted by Gasteiger charge is 2.35. The highest BCUT2D eigenvalue weighted by atomic mass is 16.5. The summed E-state index contributed by atoms with van der Waals surface area (Å²) in [4.78, 5) is 52.5. The van der Waals surface area contributed by atoms with Crippen molar-refractivity contribution in [1.29, 1.82) is 5.26 Å². The number of hydrogen-bond donors (Lipinski definition) is 3. The van der Waals surface area contributed by atoms with Crippen LogP contribution in [-0.4, -0.2) is 47.9 Å². The molecular weight excluding hydrogens is 472 g/mol. The Morgan fingerprint density at radius 3 is 2.27 bits per heavy atom. The van der Waals surface area contributed by atoms with Gasteiger partial charge in [0.1, 0.15) is 24.2 Å². The van der Waals surface area contributed by atoms with Crippen molar-refractivity contribution in [2.75, 3.05) is 0 Å². The maximum Gasteiger partial charge on any atom is 0.329 e. The predicted molar refractivity (Wildman–Crippen MR) is 139 cm³/mol. The van der Waals surface area contributed by atoms with E-state index in [4.69, 9.17) is 10.00 Å². The third kappa shape index (κ3) is 8.88. The second-order valence-corrected chi connectivity index (χ2v) is 10.0. The van der Waals surface area contributed by atoms with Crippen molar-refractivity contribution < 1.29 is 23.9 Å². The van der Waals surface area contributed by atoms with Crippen LogP contribution >= 0.6 is 0 Å². The first-order valence-electron chi connectivity index (χ1n) is 13.2. The van der Waals surface area contributed by atoms with Crippen LogP contribution in [0.4, 0.5) is 0 Å². The van der Waals surface area contributed by atoms with Gasteiger partial charge in [-0.15, -0.1) is 0 Å². The molecule has 1 aliphatic heterocycles. The van der Waals surface area contributed by atoms with E-state index in [0.717, 1.165) is 24.8 Å². The highest BCUT2D eigenvalue weighted by molar-refractivity contribution is 5.94. The maximum absolute atomic E-state index is 13.2. The van der Waals surface area contributed by atoms with Gasteiger partial charge in [0.25, 0.3) is 0 Å². The molecule has 1 aromatic rings. The van der Waals surface area contributed by atoms with Crippen LogP contribution in [0.5, 0.6) is 0 Å². The minimum absolute atomic E-state index is 0.0854. The number of esters is 1. The van der Waals surface area contributed by atoms with Gasteiger partial charge in [-0.2, -0.15) is 5.26 Å². The summed E-state index contributed by atoms with van der Waals surface area (Å²) in [6.07, 6.45) is 2.67. The predicted octanol–water partition coefficient (Wildman–Crippen LogP) is 2.76. The zero-order chi connectivity index (χ0) is 27.5. The van der Waals surface area contributed by atoms with Gasteiger partial charge in [-0.3, -0.25) is 14.4 Å². The van der Waals surface area contributed by atoms with Gasteiger partial charge < -0.3 is 20.7 Å². The average molecular weight is 513 g/mol. The topological polar surface area (TPSA) is 137 Å². The van der Waals surface area contributed by atoms with Gasteiger partial charge in [0.05, 0.1) is 18.1 Å². The summed E-state index contributed by atoms with van der Waals surface area (Å²) in [5.74, 6) is -2.29. The number of cyclic esters (lactones) is 1. The van der Waals surface area contributed by atoms with E-state index in [1.165, 1.54) is 6.92 Å². The molecule has 1 aromatic carbocycles. The molecule has 37 heavy (non-hydrogen) atoms. The summed E-state index contributed by atoms with van der Waals surface area (Å²) in [6, 6.07) is 6.00. The summed E-state index contributed by atoms with van der Waals surface area (Å²) < 4.78 is 5.87. The van der Waals surface area contributed by atoms with Crippen LogP contribution in [0, 0.1) is 23.2 Å². The molecule has 1 saturated heterocycles. The number of carbonyl (C=O) groups excluding carboxylic acids is 4. The van der Waals surface area contributed by atoms with Crippen LogP contribution in [0.1, 0.15) is 77.8 Å². The number of nitriles is 1. The number of benzene rings is 1. The Morgan fingerprint density at radius 1 is 1.00 bits per heavy atom. The fourth-order valence-corrected chi connectivity index (χ4v) is 4.22. The number of unbranched alkanes of at least 4 members (excludes halogenated alkanes) is 1. The van der Waals surface area contributed by atoms with Crippen molar-refractivity contribution in [3.63, 3.8) is 0 Å². The molecule has 0 saturated carbocycles. The molecule has 1 heterocycles. The average Bonchev–Trinajstić information content (AvgIpc) is 2.88. The molecular formula is C28H40N4O5. The van der Waals surface area contributed by atoms with E-state index in [-0.39, 0.29) is 24.7 Å². The Hall–Kier alpha value is -3.41. The summed E-state index contributed by atoms with van der Waals surface area (Å²) in [5, 5.41) is 17.2. The van der Waals surface area contributed by atoms with E-state index in [1.807, 2.05) is 20.8 Å². The van der Waals surface area contributed by atoms with Crippen LogP contribution in [0.3, 0.4) is 0 Å². The van der Waals surface area contributed by atoms with Gasteiger partial charge in [-0.05, 0) is 42.9 Å². The maximum atomic E-state index is 13.2. The SMILES string of the molecule is CCCC[C@H](C)[C@H]1CC(=O)N[C@H](Cc2ccc(C#N)cc2)C(=O)N[C@@H](C)C(=O)N[C@H]([C@@H](C)CC)C(=O)O1. The number of nitrogens with one attached hydrogen (secondary N) is 3. The van der Waals surface area contributed by atoms with Crippen molar-refractivity contribution in [1.82, 2.24) is 16.0 Å². The van der Waals surface area contributed by atoms with Gasteiger partial charge in [-0.1, -0.05) is 59.1 Å². The quantitative estimate of drug-likeness (QED) is 0.458. The Labute approximate surface area is 219 Å². The lowest BCUT2D eigenvalue weighted by Crippen LogP contribution is -2.55. The molecule has 9 nitrogen and oxygen atoms in total. The second-order valence-electron chi connectivity index (χ2n) is 10.0. The number of nitrogens with zero attached hydrogens (tertiary/aromatic N) is 1. The van der Waals surface area contributed by atoms with Gasteiger partial charge in [0, 0.05) is 6.42 Å². The minimum atomic E-state index is -0.955. The second kappa shape index (κ2) is 14.4. The molecule has 0 aromatic heterocycles. The van der Waals surface area contributed by atoms with Gasteiger partial charge in [-0.25, -0.2) is 4.79 Å². The normalized spacial score (nSPS) is 25.1. The molecule has 3 N–H and O–H groups in total. The summed E-state index contributed by atoms with van der Waals surface area (Å²) in [6.45, 7) is 9.31. The minimum Gasteiger partial charge on any atom is -0.460 e. The highest BCUT2D eigenvalue weighted by Crippen LogP contribution is 2.21. The molecule has 202 valence electrons. The lowest BCUT2D eigenvalue weighted by atomic mass is 9.94. The Morgan fingerprint density at radius 2 is 1.68 bits per heavy atom. The molecule has 0 bridgehead atoms. The molecule has 3 amide bonds. The first kappa shape index (κ1) is 29.8. The molecule has 1 aliphatic rings. The number of rotatable bonds is 8. The molecule has 0 aliphatic carbocycles. The number of amides is 3. The van der Waals surface area contributed by atoms with Gasteiger partial charge >= 0.3 is 5.97 Å². The van der Waals surface area contributed by atoms with Crippen molar-refractivity contribution in [3.05, 3.63) is 35.4 Å². The molecule has 2 rings (SSSR count). The molecule has 9 heteroatoms. The lowest BCUT2D eigenvalue weighted by Gasteiger charge is -2.29. The van der Waals surface area contributed by atoms with Crippen molar-refractivity contribution >= 4 is 23.7 Å². The Bertz CT molecular complexity index is 987. The van der Waals surface area contributed by atoms with Crippen LogP contribution < -0.4 is 16.0 Å². The zero-order valence-electron chi connectivity index (χ0n) is 22.5. The van der Waals surface area contributed by atoms with Crippen LogP contribution in [0.15, 0.2) is 24.3 Å². The van der Waals surface area contributed by atoms with E-state index in [1.54, 1.807) is 24.3 Å². The van der Waals surface area contributed by atoms with Gasteiger partial charge in [0.2, 0.25) is 17.7 Å². The largest absolute Gasteiger partial charge is 0.460 e. The zero-order valence-corrected chi connectivity index (χ0v) is 22.5. The summed E-state index contributed by atoms with van der Waals surface area (Å²) >= 11 is 0. The van der Waals surface area contributed by atoms with Crippen LogP contribution in [-0.2, 0) is 30.3 Å².